The Bertz CT molecular complexity index is 1280. The van der Waals surface area contributed by atoms with E-state index in [1.807, 2.05) is 6.07 Å². The van der Waals surface area contributed by atoms with Crippen molar-refractivity contribution in [3.05, 3.63) is 77.3 Å². The van der Waals surface area contributed by atoms with E-state index >= 15 is 0 Å². The molecule has 1 fully saturated rings. The van der Waals surface area contributed by atoms with Gasteiger partial charge in [0.15, 0.2) is 5.76 Å². The zero-order chi connectivity index (χ0) is 22.3. The molecule has 1 saturated heterocycles. The highest BCUT2D eigenvalue weighted by atomic mass is 32.2. The number of nitrogens with zero attached hydrogens (tertiary/aromatic N) is 2. The molecule has 1 amide bonds. The second kappa shape index (κ2) is 8.18. The average molecular weight is 455 g/mol. The number of hydrogen-bond acceptors (Lipinski definition) is 4. The minimum Gasteiger partial charge on any atom is -0.451 e. The monoisotopic (exact) mass is 454 g/mol. The molecule has 0 radical (unpaired) electrons. The highest BCUT2D eigenvalue weighted by Gasteiger charge is 2.32. The van der Waals surface area contributed by atoms with E-state index in [9.17, 15) is 17.6 Å². The summed E-state index contributed by atoms with van der Waals surface area (Å²) in [6, 6.07) is 14.7. The van der Waals surface area contributed by atoms with Gasteiger partial charge in [0.1, 0.15) is 11.6 Å². The molecule has 1 aromatic heterocycles. The van der Waals surface area contributed by atoms with E-state index in [1.165, 1.54) is 22.0 Å². The predicted molar refractivity (Wildman–Crippen MR) is 117 cm³/mol. The van der Waals surface area contributed by atoms with Crippen LogP contribution >= 0.6 is 0 Å². The first-order valence-electron chi connectivity index (χ1n) is 10.7. The number of fused-ring (bicyclic) bond motifs is 1. The van der Waals surface area contributed by atoms with Crippen LogP contribution in [0, 0.1) is 5.82 Å². The Balaban J connectivity index is 1.27. The molecule has 5 rings (SSSR count). The summed E-state index contributed by atoms with van der Waals surface area (Å²) in [7, 11) is -3.60. The summed E-state index contributed by atoms with van der Waals surface area (Å²) in [5, 5.41) is 0. The number of piperazine rings is 1. The third-order valence-electron chi connectivity index (χ3n) is 6.19. The highest BCUT2D eigenvalue weighted by Crippen LogP contribution is 2.28. The lowest BCUT2D eigenvalue weighted by Gasteiger charge is -2.33. The van der Waals surface area contributed by atoms with Gasteiger partial charge in [0.05, 0.1) is 10.5 Å². The van der Waals surface area contributed by atoms with Crippen LogP contribution in [0.3, 0.4) is 0 Å². The molecule has 2 aromatic carbocycles. The van der Waals surface area contributed by atoms with Gasteiger partial charge in [-0.2, -0.15) is 4.31 Å². The SMILES string of the molecule is O=C(c1ccc(-c2ccccc2F)o1)N1CCN(S(=O)(=O)c2ccc3c(c2)CCC3)CC1. The fraction of sp³-hybridized carbons (Fsp3) is 0.292. The second-order valence-corrected chi connectivity index (χ2v) is 10.1. The summed E-state index contributed by atoms with van der Waals surface area (Å²) >= 11 is 0. The van der Waals surface area contributed by atoms with Crippen molar-refractivity contribution in [2.75, 3.05) is 26.2 Å². The summed E-state index contributed by atoms with van der Waals surface area (Å²) < 4.78 is 47.2. The molecule has 6 nitrogen and oxygen atoms in total. The van der Waals surface area contributed by atoms with Crippen molar-refractivity contribution in [3.8, 4) is 11.3 Å². The lowest BCUT2D eigenvalue weighted by Crippen LogP contribution is -2.50. The number of furan rings is 1. The first kappa shape index (κ1) is 20.9. The Hall–Kier alpha value is -2.97. The Morgan fingerprint density at radius 2 is 1.66 bits per heavy atom. The van der Waals surface area contributed by atoms with Gasteiger partial charge in [-0.25, -0.2) is 12.8 Å². The van der Waals surface area contributed by atoms with Gasteiger partial charge in [-0.05, 0) is 66.8 Å². The van der Waals surface area contributed by atoms with Crippen LogP contribution < -0.4 is 0 Å². The number of hydrogen-bond donors (Lipinski definition) is 0. The summed E-state index contributed by atoms with van der Waals surface area (Å²) in [5.74, 6) is -0.365. The molecule has 0 unspecified atom stereocenters. The molecule has 0 saturated carbocycles. The van der Waals surface area contributed by atoms with Crippen molar-refractivity contribution in [3.63, 3.8) is 0 Å². The molecule has 0 N–H and O–H groups in total. The van der Waals surface area contributed by atoms with Crippen LogP contribution in [0.4, 0.5) is 4.39 Å². The molecule has 3 aromatic rings. The maximum Gasteiger partial charge on any atom is 0.289 e. The standard InChI is InChI=1S/C24H23FN2O4S/c25-21-7-2-1-6-20(21)22-10-11-23(31-22)24(28)26-12-14-27(15-13-26)32(29,30)19-9-8-17-4-3-5-18(17)16-19/h1-2,6-11,16H,3-5,12-15H2. The largest absolute Gasteiger partial charge is 0.451 e. The number of carbonyl (C=O) groups is 1. The highest BCUT2D eigenvalue weighted by molar-refractivity contribution is 7.89. The van der Waals surface area contributed by atoms with Gasteiger partial charge in [0.25, 0.3) is 5.91 Å². The van der Waals surface area contributed by atoms with Crippen molar-refractivity contribution in [1.82, 2.24) is 9.21 Å². The van der Waals surface area contributed by atoms with Crippen molar-refractivity contribution >= 4 is 15.9 Å². The maximum absolute atomic E-state index is 14.0. The average Bonchev–Trinajstić information content (AvgIpc) is 3.48. The zero-order valence-corrected chi connectivity index (χ0v) is 18.3. The van der Waals surface area contributed by atoms with E-state index in [-0.39, 0.29) is 49.2 Å². The van der Waals surface area contributed by atoms with Crippen LogP contribution in [-0.4, -0.2) is 49.7 Å². The molecule has 2 heterocycles. The number of sulfonamides is 1. The molecule has 1 aliphatic heterocycles. The quantitative estimate of drug-likeness (QED) is 0.603. The molecule has 0 bridgehead atoms. The van der Waals surface area contributed by atoms with E-state index in [4.69, 9.17) is 4.42 Å². The minimum atomic E-state index is -3.60. The number of halogens is 1. The van der Waals surface area contributed by atoms with Crippen molar-refractivity contribution in [1.29, 1.82) is 0 Å². The van der Waals surface area contributed by atoms with E-state index in [2.05, 4.69) is 0 Å². The van der Waals surface area contributed by atoms with E-state index < -0.39 is 15.8 Å². The number of carbonyl (C=O) groups excluding carboxylic acids is 1. The number of rotatable bonds is 4. The van der Waals surface area contributed by atoms with Crippen molar-refractivity contribution in [2.24, 2.45) is 0 Å². The molecule has 1 aliphatic carbocycles. The van der Waals surface area contributed by atoms with Gasteiger partial charge in [-0.15, -0.1) is 0 Å². The number of aryl methyl sites for hydroxylation is 2. The first-order valence-corrected chi connectivity index (χ1v) is 12.1. The first-order chi connectivity index (χ1) is 15.4. The third-order valence-corrected chi connectivity index (χ3v) is 8.08. The Morgan fingerprint density at radius 1 is 0.906 bits per heavy atom. The van der Waals surface area contributed by atoms with Crippen LogP contribution in [0.25, 0.3) is 11.3 Å². The van der Waals surface area contributed by atoms with Crippen LogP contribution in [0.5, 0.6) is 0 Å². The molecule has 32 heavy (non-hydrogen) atoms. The zero-order valence-electron chi connectivity index (χ0n) is 17.5. The van der Waals surface area contributed by atoms with E-state index in [0.29, 0.717) is 4.90 Å². The van der Waals surface area contributed by atoms with Crippen LogP contribution in [-0.2, 0) is 22.9 Å². The van der Waals surface area contributed by atoms with Crippen LogP contribution in [0.15, 0.2) is 63.9 Å². The van der Waals surface area contributed by atoms with Gasteiger partial charge < -0.3 is 9.32 Å². The van der Waals surface area contributed by atoms with Gasteiger partial charge in [-0.1, -0.05) is 18.2 Å². The second-order valence-electron chi connectivity index (χ2n) is 8.12. The molecule has 0 spiro atoms. The van der Waals surface area contributed by atoms with Gasteiger partial charge in [0.2, 0.25) is 10.0 Å². The molecule has 2 aliphatic rings. The van der Waals surface area contributed by atoms with Gasteiger partial charge in [0, 0.05) is 26.2 Å². The number of benzene rings is 2. The molecule has 0 atom stereocenters. The summed E-state index contributed by atoms with van der Waals surface area (Å²) in [6.07, 6.45) is 2.98. The molecule has 8 heteroatoms. The van der Waals surface area contributed by atoms with Gasteiger partial charge >= 0.3 is 0 Å². The predicted octanol–water partition coefficient (Wildman–Crippen LogP) is 3.72. The maximum atomic E-state index is 14.0. The van der Waals surface area contributed by atoms with Crippen LogP contribution in [0.2, 0.25) is 0 Å². The minimum absolute atomic E-state index is 0.109. The van der Waals surface area contributed by atoms with E-state index in [0.717, 1.165) is 24.8 Å². The van der Waals surface area contributed by atoms with E-state index in [1.54, 1.807) is 41.3 Å². The Kier molecular flexibility index (Phi) is 5.35. The summed E-state index contributed by atoms with van der Waals surface area (Å²) in [5.41, 5.74) is 2.63. The molecular weight excluding hydrogens is 431 g/mol. The smallest absolute Gasteiger partial charge is 0.289 e. The fourth-order valence-electron chi connectivity index (χ4n) is 4.40. The number of amides is 1. The Morgan fingerprint density at radius 3 is 2.44 bits per heavy atom. The van der Waals surface area contributed by atoms with Crippen molar-refractivity contribution in [2.45, 2.75) is 24.2 Å². The third kappa shape index (κ3) is 3.73. The lowest BCUT2D eigenvalue weighted by atomic mass is 10.1. The Labute approximate surface area is 186 Å². The van der Waals surface area contributed by atoms with Crippen LogP contribution in [0.1, 0.15) is 28.1 Å². The van der Waals surface area contributed by atoms with Gasteiger partial charge in [-0.3, -0.25) is 4.79 Å². The van der Waals surface area contributed by atoms with Crippen molar-refractivity contribution < 1.29 is 22.0 Å². The molecular formula is C24H23FN2O4S. The summed E-state index contributed by atoms with van der Waals surface area (Å²) in [4.78, 5) is 14.7. The lowest BCUT2D eigenvalue weighted by molar-refractivity contribution is 0.0667. The summed E-state index contributed by atoms with van der Waals surface area (Å²) in [6.45, 7) is 0.954. The normalized spacial score (nSPS) is 16.8. The fourth-order valence-corrected chi connectivity index (χ4v) is 5.88. The molecule has 166 valence electrons. The topological polar surface area (TPSA) is 70.8 Å².